The summed E-state index contributed by atoms with van der Waals surface area (Å²) < 4.78 is 22.8. The lowest BCUT2D eigenvalue weighted by atomic mass is 10.2. The topological polar surface area (TPSA) is 70.0 Å². The van der Waals surface area contributed by atoms with Gasteiger partial charge in [-0.05, 0) is 12.1 Å². The summed E-state index contributed by atoms with van der Waals surface area (Å²) in [7, 11) is -2.01. The lowest BCUT2D eigenvalue weighted by molar-refractivity contribution is 0.473. The highest BCUT2D eigenvalue weighted by Gasteiger charge is 2.06. The molecule has 1 aromatic rings. The van der Waals surface area contributed by atoms with Gasteiger partial charge in [-0.3, -0.25) is 0 Å². The SMILES string of the molecule is CN(/N=C\c1ccccc1O)S(C)(=O)=O. The van der Waals surface area contributed by atoms with Gasteiger partial charge >= 0.3 is 0 Å². The summed E-state index contributed by atoms with van der Waals surface area (Å²) in [5.74, 6) is 0.0585. The average molecular weight is 228 g/mol. The van der Waals surface area contributed by atoms with E-state index in [1.165, 1.54) is 19.3 Å². The van der Waals surface area contributed by atoms with E-state index in [0.29, 0.717) is 5.56 Å². The van der Waals surface area contributed by atoms with Gasteiger partial charge in [0.1, 0.15) is 5.75 Å². The van der Waals surface area contributed by atoms with E-state index in [2.05, 4.69) is 5.10 Å². The van der Waals surface area contributed by atoms with Gasteiger partial charge in [0.05, 0.1) is 12.5 Å². The first kappa shape index (κ1) is 11.5. The highest BCUT2D eigenvalue weighted by atomic mass is 32.2. The molecule has 0 aromatic heterocycles. The van der Waals surface area contributed by atoms with Crippen molar-refractivity contribution in [3.05, 3.63) is 29.8 Å². The molecule has 0 aliphatic rings. The first-order valence-electron chi connectivity index (χ1n) is 4.17. The Morgan fingerprint density at radius 3 is 2.53 bits per heavy atom. The standard InChI is InChI=1S/C9H12N2O3S/c1-11(15(2,13)14)10-7-8-5-3-4-6-9(8)12/h3-7,12H,1-2H3/b10-7-. The third kappa shape index (κ3) is 3.25. The molecule has 1 N–H and O–H groups in total. The smallest absolute Gasteiger partial charge is 0.246 e. The largest absolute Gasteiger partial charge is 0.507 e. The highest BCUT2D eigenvalue weighted by molar-refractivity contribution is 7.88. The number of para-hydroxylation sites is 1. The zero-order valence-electron chi connectivity index (χ0n) is 8.45. The molecule has 0 radical (unpaired) electrons. The minimum atomic E-state index is -3.33. The number of phenols is 1. The number of phenolic OH excluding ortho intramolecular Hbond substituents is 1. The third-order valence-electron chi connectivity index (χ3n) is 1.78. The summed E-state index contributed by atoms with van der Waals surface area (Å²) in [6.07, 6.45) is 2.34. The Balaban J connectivity index is 2.88. The molecule has 0 bridgehead atoms. The molecule has 5 nitrogen and oxygen atoms in total. The molecule has 82 valence electrons. The van der Waals surface area contributed by atoms with Crippen molar-refractivity contribution in [2.75, 3.05) is 13.3 Å². The fourth-order valence-electron chi connectivity index (χ4n) is 0.826. The van der Waals surface area contributed by atoms with Crippen molar-refractivity contribution >= 4 is 16.2 Å². The van der Waals surface area contributed by atoms with Gasteiger partial charge in [0.25, 0.3) is 0 Å². The van der Waals surface area contributed by atoms with Gasteiger partial charge in [-0.15, -0.1) is 0 Å². The van der Waals surface area contributed by atoms with Crippen molar-refractivity contribution < 1.29 is 13.5 Å². The van der Waals surface area contributed by atoms with Crippen LogP contribution in [0.5, 0.6) is 5.75 Å². The summed E-state index contributed by atoms with van der Waals surface area (Å²) in [4.78, 5) is 0. The highest BCUT2D eigenvalue weighted by Crippen LogP contribution is 2.12. The van der Waals surface area contributed by atoms with Crippen molar-refractivity contribution in [1.29, 1.82) is 0 Å². The van der Waals surface area contributed by atoms with Gasteiger partial charge in [0.15, 0.2) is 0 Å². The van der Waals surface area contributed by atoms with Crippen LogP contribution in [0.1, 0.15) is 5.56 Å². The molecule has 1 rings (SSSR count). The maximum Gasteiger partial charge on any atom is 0.246 e. The van der Waals surface area contributed by atoms with E-state index < -0.39 is 10.0 Å². The van der Waals surface area contributed by atoms with Crippen LogP contribution in [0.25, 0.3) is 0 Å². The number of nitrogens with zero attached hydrogens (tertiary/aromatic N) is 2. The number of aromatic hydroxyl groups is 1. The Hall–Kier alpha value is -1.56. The van der Waals surface area contributed by atoms with Crippen molar-refractivity contribution in [1.82, 2.24) is 4.41 Å². The lowest BCUT2D eigenvalue weighted by Crippen LogP contribution is -2.19. The predicted molar refractivity (Wildman–Crippen MR) is 58.3 cm³/mol. The maximum atomic E-state index is 11.0. The first-order chi connectivity index (χ1) is 6.91. The molecule has 0 atom stereocenters. The maximum absolute atomic E-state index is 11.0. The molecular formula is C9H12N2O3S. The summed E-state index contributed by atoms with van der Waals surface area (Å²) in [6.45, 7) is 0. The van der Waals surface area contributed by atoms with Gasteiger partial charge in [0.2, 0.25) is 10.0 Å². The number of hydrazone groups is 1. The number of hydrogen-bond acceptors (Lipinski definition) is 4. The minimum Gasteiger partial charge on any atom is -0.507 e. The molecule has 0 heterocycles. The quantitative estimate of drug-likeness (QED) is 0.609. The Labute approximate surface area is 88.7 Å². The van der Waals surface area contributed by atoms with E-state index in [9.17, 15) is 13.5 Å². The minimum absolute atomic E-state index is 0.0585. The number of hydrogen-bond donors (Lipinski definition) is 1. The van der Waals surface area contributed by atoms with Gasteiger partial charge < -0.3 is 5.11 Å². The van der Waals surface area contributed by atoms with Crippen molar-refractivity contribution in [2.45, 2.75) is 0 Å². The average Bonchev–Trinajstić information content (AvgIpc) is 2.14. The van der Waals surface area contributed by atoms with Crippen LogP contribution in [0, 0.1) is 0 Å². The Morgan fingerprint density at radius 2 is 2.00 bits per heavy atom. The predicted octanol–water partition coefficient (Wildman–Crippen LogP) is 0.617. The second-order valence-electron chi connectivity index (χ2n) is 3.00. The molecule has 0 aliphatic heterocycles. The van der Waals surface area contributed by atoms with Gasteiger partial charge in [-0.25, -0.2) is 8.42 Å². The van der Waals surface area contributed by atoms with Crippen LogP contribution < -0.4 is 0 Å². The summed E-state index contributed by atoms with van der Waals surface area (Å²) in [6, 6.07) is 6.53. The summed E-state index contributed by atoms with van der Waals surface area (Å²) in [5.41, 5.74) is 0.466. The monoisotopic (exact) mass is 228 g/mol. The normalized spacial score (nSPS) is 11.9. The molecule has 0 saturated carbocycles. The fraction of sp³-hybridized carbons (Fsp3) is 0.222. The van der Waals surface area contributed by atoms with E-state index in [0.717, 1.165) is 10.7 Å². The van der Waals surface area contributed by atoms with Crippen LogP contribution in [0.15, 0.2) is 29.4 Å². The molecule has 0 amide bonds. The molecule has 0 saturated heterocycles. The number of rotatable bonds is 3. The van der Waals surface area contributed by atoms with Crippen LogP contribution in [0.2, 0.25) is 0 Å². The van der Waals surface area contributed by atoms with E-state index in [1.807, 2.05) is 0 Å². The molecule has 0 unspecified atom stereocenters. The Bertz CT molecular complexity index is 468. The van der Waals surface area contributed by atoms with E-state index in [-0.39, 0.29) is 5.75 Å². The second kappa shape index (κ2) is 4.31. The molecule has 15 heavy (non-hydrogen) atoms. The first-order valence-corrected chi connectivity index (χ1v) is 6.02. The molecule has 1 aromatic carbocycles. The molecular weight excluding hydrogens is 216 g/mol. The Kier molecular flexibility index (Phi) is 3.31. The third-order valence-corrected chi connectivity index (χ3v) is 2.83. The van der Waals surface area contributed by atoms with Crippen LogP contribution in [-0.2, 0) is 10.0 Å². The van der Waals surface area contributed by atoms with Gasteiger partial charge in [0, 0.05) is 12.6 Å². The van der Waals surface area contributed by atoms with Crippen LogP contribution in [0.4, 0.5) is 0 Å². The number of sulfonamides is 1. The van der Waals surface area contributed by atoms with Gasteiger partial charge in [-0.1, -0.05) is 12.1 Å². The molecule has 0 aliphatic carbocycles. The van der Waals surface area contributed by atoms with E-state index in [4.69, 9.17) is 0 Å². The second-order valence-corrected chi connectivity index (χ2v) is 5.00. The molecule has 0 fully saturated rings. The molecule has 6 heteroatoms. The van der Waals surface area contributed by atoms with Crippen molar-refractivity contribution in [3.8, 4) is 5.75 Å². The van der Waals surface area contributed by atoms with E-state index in [1.54, 1.807) is 18.2 Å². The van der Waals surface area contributed by atoms with Crippen LogP contribution in [0.3, 0.4) is 0 Å². The van der Waals surface area contributed by atoms with Gasteiger partial charge in [-0.2, -0.15) is 9.52 Å². The summed E-state index contributed by atoms with van der Waals surface area (Å²) >= 11 is 0. The lowest BCUT2D eigenvalue weighted by Gasteiger charge is -2.08. The van der Waals surface area contributed by atoms with Crippen molar-refractivity contribution in [2.24, 2.45) is 5.10 Å². The van der Waals surface area contributed by atoms with Crippen molar-refractivity contribution in [3.63, 3.8) is 0 Å². The zero-order chi connectivity index (χ0) is 11.5. The Morgan fingerprint density at radius 1 is 1.40 bits per heavy atom. The zero-order valence-corrected chi connectivity index (χ0v) is 9.27. The molecule has 0 spiro atoms. The number of benzene rings is 1. The fourth-order valence-corrected chi connectivity index (χ4v) is 1.04. The van der Waals surface area contributed by atoms with E-state index >= 15 is 0 Å². The van der Waals surface area contributed by atoms with Crippen LogP contribution in [-0.4, -0.2) is 37.5 Å². The summed E-state index contributed by atoms with van der Waals surface area (Å²) in [5, 5.41) is 13.1. The van der Waals surface area contributed by atoms with Crippen LogP contribution >= 0.6 is 0 Å².